The van der Waals surface area contributed by atoms with Crippen molar-refractivity contribution in [2.24, 2.45) is 5.92 Å². The Morgan fingerprint density at radius 1 is 1.35 bits per heavy atom. The van der Waals surface area contributed by atoms with Gasteiger partial charge in [-0.25, -0.2) is 0 Å². The Labute approximate surface area is 120 Å². The highest BCUT2D eigenvalue weighted by molar-refractivity contribution is 5.93. The molecule has 3 N–H and O–H groups in total. The number of nitrogens with two attached hydrogens (primary N) is 1. The zero-order valence-electron chi connectivity index (χ0n) is 12.2. The highest BCUT2D eigenvalue weighted by Gasteiger charge is 2.14. The zero-order chi connectivity index (χ0) is 14.4. The van der Waals surface area contributed by atoms with Crippen LogP contribution in [0, 0.1) is 12.8 Å². The normalized spacial score (nSPS) is 16.1. The van der Waals surface area contributed by atoms with Gasteiger partial charge in [-0.15, -0.1) is 0 Å². The topological polar surface area (TPSA) is 64.3 Å². The molecule has 20 heavy (non-hydrogen) atoms. The van der Waals surface area contributed by atoms with Crippen molar-refractivity contribution < 1.29 is 9.53 Å². The van der Waals surface area contributed by atoms with Crippen LogP contribution in [0.5, 0.6) is 0 Å². The number of anilines is 2. The smallest absolute Gasteiger partial charge is 0.250 e. The van der Waals surface area contributed by atoms with E-state index in [1.807, 2.05) is 25.1 Å². The third kappa shape index (κ3) is 4.23. The average molecular weight is 276 g/mol. The van der Waals surface area contributed by atoms with Crippen LogP contribution in [0.25, 0.3) is 0 Å². The van der Waals surface area contributed by atoms with Crippen LogP contribution in [0.1, 0.15) is 37.7 Å². The molecule has 0 atom stereocenters. The molecule has 1 aliphatic carbocycles. The molecule has 1 fully saturated rings. The number of hydrogen-bond donors (Lipinski definition) is 2. The van der Waals surface area contributed by atoms with Crippen molar-refractivity contribution in [2.45, 2.75) is 39.0 Å². The van der Waals surface area contributed by atoms with Crippen LogP contribution in [0.2, 0.25) is 0 Å². The Balaban J connectivity index is 1.73. The van der Waals surface area contributed by atoms with Crippen molar-refractivity contribution in [1.29, 1.82) is 0 Å². The maximum Gasteiger partial charge on any atom is 0.250 e. The Morgan fingerprint density at radius 3 is 2.85 bits per heavy atom. The Hall–Kier alpha value is -1.55. The summed E-state index contributed by atoms with van der Waals surface area (Å²) >= 11 is 0. The molecule has 4 heteroatoms. The number of carbonyl (C=O) groups excluding carboxylic acids is 1. The molecular formula is C16H24N2O2. The first-order valence-electron chi connectivity index (χ1n) is 7.39. The third-order valence-electron chi connectivity index (χ3n) is 3.96. The van der Waals surface area contributed by atoms with E-state index < -0.39 is 0 Å². The predicted octanol–water partition coefficient (Wildman–Crippen LogP) is 3.11. The number of hydrogen-bond acceptors (Lipinski definition) is 3. The number of nitrogens with one attached hydrogen (secondary N) is 1. The minimum absolute atomic E-state index is 0.116. The van der Waals surface area contributed by atoms with E-state index in [9.17, 15) is 4.79 Å². The molecule has 4 nitrogen and oxygen atoms in total. The van der Waals surface area contributed by atoms with Crippen molar-refractivity contribution in [1.82, 2.24) is 0 Å². The van der Waals surface area contributed by atoms with Gasteiger partial charge in [-0.1, -0.05) is 25.3 Å². The zero-order valence-corrected chi connectivity index (χ0v) is 12.2. The number of benzene rings is 1. The summed E-state index contributed by atoms with van der Waals surface area (Å²) in [5.41, 5.74) is 8.15. The van der Waals surface area contributed by atoms with Gasteiger partial charge < -0.3 is 15.8 Å². The van der Waals surface area contributed by atoms with E-state index in [-0.39, 0.29) is 12.5 Å². The van der Waals surface area contributed by atoms with Crippen molar-refractivity contribution in [3.63, 3.8) is 0 Å². The van der Waals surface area contributed by atoms with Gasteiger partial charge in [0, 0.05) is 11.4 Å². The van der Waals surface area contributed by atoms with Crippen molar-refractivity contribution >= 4 is 17.3 Å². The van der Waals surface area contributed by atoms with E-state index in [0.29, 0.717) is 18.2 Å². The minimum Gasteiger partial charge on any atom is -0.398 e. The van der Waals surface area contributed by atoms with Gasteiger partial charge in [0.2, 0.25) is 5.91 Å². The molecule has 1 saturated carbocycles. The summed E-state index contributed by atoms with van der Waals surface area (Å²) in [7, 11) is 0. The summed E-state index contributed by atoms with van der Waals surface area (Å²) in [6.07, 6.45) is 6.39. The van der Waals surface area contributed by atoms with Crippen LogP contribution >= 0.6 is 0 Å². The minimum atomic E-state index is -0.116. The number of carbonyl (C=O) groups is 1. The van der Waals surface area contributed by atoms with Crippen LogP contribution in [0.3, 0.4) is 0 Å². The molecule has 1 aliphatic rings. The van der Waals surface area contributed by atoms with Crippen LogP contribution in [0.4, 0.5) is 11.4 Å². The van der Waals surface area contributed by atoms with E-state index in [0.717, 1.165) is 11.3 Å². The molecule has 2 rings (SSSR count). The summed E-state index contributed by atoms with van der Waals surface area (Å²) in [5.74, 6) is 0.514. The Bertz CT molecular complexity index is 454. The van der Waals surface area contributed by atoms with Crippen molar-refractivity contribution in [3.05, 3.63) is 23.8 Å². The highest BCUT2D eigenvalue weighted by atomic mass is 16.5. The first kappa shape index (κ1) is 14.9. The monoisotopic (exact) mass is 276 g/mol. The molecule has 0 unspecified atom stereocenters. The van der Waals surface area contributed by atoms with E-state index in [2.05, 4.69) is 5.32 Å². The number of amides is 1. The predicted molar refractivity (Wildman–Crippen MR) is 81.6 cm³/mol. The highest BCUT2D eigenvalue weighted by Crippen LogP contribution is 2.24. The average Bonchev–Trinajstić information content (AvgIpc) is 2.45. The third-order valence-corrected chi connectivity index (χ3v) is 3.96. The quantitative estimate of drug-likeness (QED) is 0.812. The molecular weight excluding hydrogens is 252 g/mol. The largest absolute Gasteiger partial charge is 0.398 e. The molecule has 1 aromatic carbocycles. The summed E-state index contributed by atoms with van der Waals surface area (Å²) in [6.45, 7) is 2.71. The van der Waals surface area contributed by atoms with Crippen molar-refractivity contribution in [3.8, 4) is 0 Å². The van der Waals surface area contributed by atoms with Crippen LogP contribution in [-0.2, 0) is 9.53 Å². The van der Waals surface area contributed by atoms with E-state index in [1.54, 1.807) is 0 Å². The second-order valence-electron chi connectivity index (χ2n) is 5.59. The van der Waals surface area contributed by atoms with E-state index in [4.69, 9.17) is 10.5 Å². The summed E-state index contributed by atoms with van der Waals surface area (Å²) in [5, 5.41) is 2.84. The second-order valence-corrected chi connectivity index (χ2v) is 5.59. The van der Waals surface area contributed by atoms with Crippen LogP contribution in [-0.4, -0.2) is 19.1 Å². The van der Waals surface area contributed by atoms with E-state index >= 15 is 0 Å². The standard InChI is InChI=1S/C16H24N2O2/c1-12-14(17)8-5-9-15(12)18-16(19)11-20-10-13-6-3-2-4-7-13/h5,8-9,13H,2-4,6-7,10-11,17H2,1H3,(H,18,19). The number of nitrogen functional groups attached to an aromatic ring is 1. The van der Waals surface area contributed by atoms with Gasteiger partial charge in [-0.2, -0.15) is 0 Å². The molecule has 0 heterocycles. The molecule has 1 amide bonds. The lowest BCUT2D eigenvalue weighted by atomic mass is 9.90. The lowest BCUT2D eigenvalue weighted by Crippen LogP contribution is -2.22. The van der Waals surface area contributed by atoms with Gasteiger partial charge in [0.25, 0.3) is 0 Å². The van der Waals surface area contributed by atoms with Gasteiger partial charge >= 0.3 is 0 Å². The number of ether oxygens (including phenoxy) is 1. The summed E-state index contributed by atoms with van der Waals surface area (Å²) in [6, 6.07) is 5.51. The molecule has 0 radical (unpaired) electrons. The summed E-state index contributed by atoms with van der Waals surface area (Å²) < 4.78 is 5.53. The van der Waals surface area contributed by atoms with Gasteiger partial charge in [0.05, 0.1) is 6.61 Å². The molecule has 0 saturated heterocycles. The molecule has 0 aliphatic heterocycles. The first-order chi connectivity index (χ1) is 9.66. The SMILES string of the molecule is Cc1c(N)cccc1NC(=O)COCC1CCCCC1. The fourth-order valence-corrected chi connectivity index (χ4v) is 2.65. The maximum absolute atomic E-state index is 11.8. The fourth-order valence-electron chi connectivity index (χ4n) is 2.65. The van der Waals surface area contributed by atoms with Gasteiger partial charge in [0.1, 0.15) is 6.61 Å². The molecule has 0 spiro atoms. The van der Waals surface area contributed by atoms with E-state index in [1.165, 1.54) is 32.1 Å². The molecule has 1 aromatic rings. The molecule has 0 bridgehead atoms. The fraction of sp³-hybridized carbons (Fsp3) is 0.562. The van der Waals surface area contributed by atoms with Crippen molar-refractivity contribution in [2.75, 3.05) is 24.3 Å². The lowest BCUT2D eigenvalue weighted by molar-refractivity contribution is -0.121. The Kier molecular flexibility index (Phi) is 5.41. The van der Waals surface area contributed by atoms with Gasteiger partial charge in [-0.3, -0.25) is 4.79 Å². The first-order valence-corrected chi connectivity index (χ1v) is 7.39. The number of rotatable bonds is 5. The van der Waals surface area contributed by atoms with Gasteiger partial charge in [0.15, 0.2) is 0 Å². The van der Waals surface area contributed by atoms with Crippen LogP contribution < -0.4 is 11.1 Å². The maximum atomic E-state index is 11.8. The van der Waals surface area contributed by atoms with Crippen LogP contribution in [0.15, 0.2) is 18.2 Å². The Morgan fingerprint density at radius 2 is 2.10 bits per heavy atom. The molecule has 0 aromatic heterocycles. The lowest BCUT2D eigenvalue weighted by Gasteiger charge is -2.21. The summed E-state index contributed by atoms with van der Waals surface area (Å²) in [4.78, 5) is 11.8. The van der Waals surface area contributed by atoms with Gasteiger partial charge in [-0.05, 0) is 43.4 Å². The second kappa shape index (κ2) is 7.29. The molecule has 110 valence electrons.